The van der Waals surface area contributed by atoms with E-state index in [-0.39, 0.29) is 10.9 Å². The molecule has 0 fully saturated rings. The molecule has 1 aliphatic rings. The summed E-state index contributed by atoms with van der Waals surface area (Å²) >= 11 is 0. The lowest BCUT2D eigenvalue weighted by atomic mass is 10.0. The molecule has 1 heterocycles. The van der Waals surface area contributed by atoms with Crippen LogP contribution in [0.3, 0.4) is 0 Å². The van der Waals surface area contributed by atoms with Gasteiger partial charge in [-0.3, -0.25) is 4.79 Å². The van der Waals surface area contributed by atoms with Crippen LogP contribution in [0.1, 0.15) is 24.9 Å². The third-order valence-corrected chi connectivity index (χ3v) is 6.26. The van der Waals surface area contributed by atoms with Gasteiger partial charge >= 0.3 is 0 Å². The van der Waals surface area contributed by atoms with E-state index in [1.807, 2.05) is 24.3 Å². The number of carbonyl (C=O) groups is 1. The van der Waals surface area contributed by atoms with Crippen LogP contribution >= 0.6 is 0 Å². The Kier molecular flexibility index (Phi) is 4.57. The molecule has 3 rings (SSSR count). The van der Waals surface area contributed by atoms with Crippen molar-refractivity contribution in [3.8, 4) is 5.75 Å². The van der Waals surface area contributed by atoms with E-state index in [2.05, 4.69) is 5.32 Å². The van der Waals surface area contributed by atoms with E-state index < -0.39 is 21.0 Å². The van der Waals surface area contributed by atoms with Crippen molar-refractivity contribution in [2.24, 2.45) is 0 Å². The molecule has 0 radical (unpaired) electrons. The summed E-state index contributed by atoms with van der Waals surface area (Å²) in [6.45, 7) is 1.91. The first-order chi connectivity index (χ1) is 11.5. The molecular formula is C18H19NO4S. The molecule has 2 aromatic carbocycles. The first-order valence-electron chi connectivity index (χ1n) is 7.81. The topological polar surface area (TPSA) is 72.5 Å². The molecule has 126 valence electrons. The largest absolute Gasteiger partial charge is 0.493 e. The highest BCUT2D eigenvalue weighted by atomic mass is 32.2. The van der Waals surface area contributed by atoms with Crippen LogP contribution in [-0.4, -0.2) is 26.2 Å². The highest BCUT2D eigenvalue weighted by molar-refractivity contribution is 7.92. The summed E-state index contributed by atoms with van der Waals surface area (Å²) in [5, 5.41) is 1.70. The van der Waals surface area contributed by atoms with Gasteiger partial charge in [-0.25, -0.2) is 8.42 Å². The van der Waals surface area contributed by atoms with Gasteiger partial charge in [0.05, 0.1) is 17.5 Å². The summed E-state index contributed by atoms with van der Waals surface area (Å²) < 4.78 is 30.7. The third-order valence-electron chi connectivity index (χ3n) is 4.18. The number of fused-ring (bicyclic) bond motifs is 1. The Morgan fingerprint density at radius 1 is 1.12 bits per heavy atom. The highest BCUT2D eigenvalue weighted by Crippen LogP contribution is 2.31. The molecule has 0 saturated heterocycles. The van der Waals surface area contributed by atoms with E-state index >= 15 is 0 Å². The van der Waals surface area contributed by atoms with Gasteiger partial charge in [-0.15, -0.1) is 0 Å². The van der Waals surface area contributed by atoms with E-state index in [0.717, 1.165) is 11.3 Å². The first kappa shape index (κ1) is 16.5. The summed E-state index contributed by atoms with van der Waals surface area (Å²) in [5.41, 5.74) is 0.876. The third kappa shape index (κ3) is 3.14. The van der Waals surface area contributed by atoms with Crippen molar-refractivity contribution >= 4 is 15.7 Å². The van der Waals surface area contributed by atoms with Crippen LogP contribution in [0.4, 0.5) is 0 Å². The maximum atomic E-state index is 12.6. The Morgan fingerprint density at radius 2 is 1.79 bits per heavy atom. The molecule has 1 N–H and O–H groups in total. The number of benzene rings is 2. The summed E-state index contributed by atoms with van der Waals surface area (Å²) in [5.74, 6) is 0.230. The minimum absolute atomic E-state index is 0.153. The zero-order valence-electron chi connectivity index (χ0n) is 13.3. The van der Waals surface area contributed by atoms with E-state index in [1.54, 1.807) is 18.2 Å². The van der Waals surface area contributed by atoms with Gasteiger partial charge in [-0.1, -0.05) is 36.4 Å². The zero-order chi connectivity index (χ0) is 17.2. The van der Waals surface area contributed by atoms with Gasteiger partial charge in [0.15, 0.2) is 9.84 Å². The SMILES string of the molecule is C[C@H](C(=O)N[C@@H]1CCOc2ccccc21)S(=O)(=O)c1ccccc1. The Hall–Kier alpha value is -2.34. The molecule has 0 aromatic heterocycles. The van der Waals surface area contributed by atoms with Gasteiger partial charge in [-0.05, 0) is 25.1 Å². The van der Waals surface area contributed by atoms with Crippen LogP contribution in [-0.2, 0) is 14.6 Å². The zero-order valence-corrected chi connectivity index (χ0v) is 14.1. The fourth-order valence-electron chi connectivity index (χ4n) is 2.74. The number of sulfone groups is 1. The summed E-state index contributed by atoms with van der Waals surface area (Å²) in [6, 6.07) is 15.3. The Balaban J connectivity index is 1.79. The van der Waals surface area contributed by atoms with Crippen molar-refractivity contribution in [2.75, 3.05) is 6.61 Å². The normalized spacial score (nSPS) is 18.1. The van der Waals surface area contributed by atoms with Gasteiger partial charge in [0.1, 0.15) is 11.0 Å². The average molecular weight is 345 g/mol. The number of hydrogen-bond acceptors (Lipinski definition) is 4. The molecule has 2 atom stereocenters. The fourth-order valence-corrected chi connectivity index (χ4v) is 4.03. The summed E-state index contributed by atoms with van der Waals surface area (Å²) in [6.07, 6.45) is 0.612. The van der Waals surface area contributed by atoms with Crippen LogP contribution < -0.4 is 10.1 Å². The van der Waals surface area contributed by atoms with Crippen molar-refractivity contribution in [1.29, 1.82) is 0 Å². The molecule has 0 aliphatic carbocycles. The monoisotopic (exact) mass is 345 g/mol. The van der Waals surface area contributed by atoms with Gasteiger partial charge < -0.3 is 10.1 Å². The van der Waals surface area contributed by atoms with Crippen LogP contribution in [0.25, 0.3) is 0 Å². The standard InChI is InChI=1S/C18H19NO4S/c1-13(24(21,22)14-7-3-2-4-8-14)18(20)19-16-11-12-23-17-10-6-5-9-15(16)17/h2-10,13,16H,11-12H2,1H3,(H,19,20)/t13-,16-/m1/s1. The molecule has 0 unspecified atom stereocenters. The lowest BCUT2D eigenvalue weighted by Crippen LogP contribution is -2.41. The van der Waals surface area contributed by atoms with E-state index in [4.69, 9.17) is 4.74 Å². The Morgan fingerprint density at radius 3 is 2.54 bits per heavy atom. The van der Waals surface area contributed by atoms with Crippen molar-refractivity contribution < 1.29 is 17.9 Å². The molecule has 0 bridgehead atoms. The maximum absolute atomic E-state index is 12.6. The quantitative estimate of drug-likeness (QED) is 0.924. The second kappa shape index (κ2) is 6.65. The minimum Gasteiger partial charge on any atom is -0.493 e. The predicted octanol–water partition coefficient (Wildman–Crippen LogP) is 2.49. The molecule has 24 heavy (non-hydrogen) atoms. The van der Waals surface area contributed by atoms with Crippen molar-refractivity contribution in [3.05, 3.63) is 60.2 Å². The van der Waals surface area contributed by atoms with E-state index in [9.17, 15) is 13.2 Å². The number of nitrogens with one attached hydrogen (secondary N) is 1. The molecule has 6 heteroatoms. The summed E-state index contributed by atoms with van der Waals surface area (Å²) in [7, 11) is -3.71. The van der Waals surface area contributed by atoms with Gasteiger partial charge in [0, 0.05) is 12.0 Å². The average Bonchev–Trinajstić information content (AvgIpc) is 2.62. The van der Waals surface area contributed by atoms with E-state index in [1.165, 1.54) is 19.1 Å². The predicted molar refractivity (Wildman–Crippen MR) is 90.5 cm³/mol. The Bertz CT molecular complexity index is 833. The number of rotatable bonds is 4. The lowest BCUT2D eigenvalue weighted by Gasteiger charge is -2.27. The molecule has 5 nitrogen and oxygen atoms in total. The molecule has 1 aliphatic heterocycles. The molecule has 0 spiro atoms. The second-order valence-corrected chi connectivity index (χ2v) is 8.00. The molecule has 0 saturated carbocycles. The first-order valence-corrected chi connectivity index (χ1v) is 9.36. The van der Waals surface area contributed by atoms with Gasteiger partial charge in [-0.2, -0.15) is 0 Å². The van der Waals surface area contributed by atoms with E-state index in [0.29, 0.717) is 13.0 Å². The number of ether oxygens (including phenoxy) is 1. The summed E-state index contributed by atoms with van der Waals surface area (Å²) in [4.78, 5) is 12.7. The maximum Gasteiger partial charge on any atom is 0.238 e. The second-order valence-electron chi connectivity index (χ2n) is 5.74. The lowest BCUT2D eigenvalue weighted by molar-refractivity contribution is -0.121. The van der Waals surface area contributed by atoms with Crippen LogP contribution in [0.15, 0.2) is 59.5 Å². The van der Waals surface area contributed by atoms with Gasteiger partial charge in [0.2, 0.25) is 5.91 Å². The number of amides is 1. The fraction of sp³-hybridized carbons (Fsp3) is 0.278. The molecular weight excluding hydrogens is 326 g/mol. The number of hydrogen-bond donors (Lipinski definition) is 1. The highest BCUT2D eigenvalue weighted by Gasteiger charge is 2.32. The van der Waals surface area contributed by atoms with Gasteiger partial charge in [0.25, 0.3) is 0 Å². The smallest absolute Gasteiger partial charge is 0.238 e. The van der Waals surface area contributed by atoms with Crippen molar-refractivity contribution in [2.45, 2.75) is 29.5 Å². The number of carbonyl (C=O) groups excluding carboxylic acids is 1. The van der Waals surface area contributed by atoms with Crippen LogP contribution in [0.5, 0.6) is 5.75 Å². The minimum atomic E-state index is -3.71. The molecule has 2 aromatic rings. The number of para-hydroxylation sites is 1. The Labute approximate surface area is 141 Å². The van der Waals surface area contributed by atoms with Crippen molar-refractivity contribution in [3.63, 3.8) is 0 Å². The van der Waals surface area contributed by atoms with Crippen molar-refractivity contribution in [1.82, 2.24) is 5.32 Å². The van der Waals surface area contributed by atoms with Crippen LogP contribution in [0, 0.1) is 0 Å². The molecule has 1 amide bonds. The van der Waals surface area contributed by atoms with Crippen LogP contribution in [0.2, 0.25) is 0 Å².